The Morgan fingerprint density at radius 3 is 2.68 bits per heavy atom. The van der Waals surface area contributed by atoms with E-state index in [1.807, 2.05) is 6.07 Å². The second kappa shape index (κ2) is 8.34. The molecule has 174 valence electrons. The summed E-state index contributed by atoms with van der Waals surface area (Å²) < 4.78 is 17.1. The smallest absolute Gasteiger partial charge is 0.276 e. The SMILES string of the molecule is Cc1c(-c2ccc(F)cc2)nn(CC2CC2)c1Cc1cc(-n2[nH]c3c(c2=O)CCCC3)ncn1. The highest BCUT2D eigenvalue weighted by molar-refractivity contribution is 5.64. The van der Waals surface area contributed by atoms with Gasteiger partial charge in [0, 0.05) is 41.5 Å². The first-order chi connectivity index (χ1) is 16.6. The maximum Gasteiger partial charge on any atom is 0.276 e. The predicted molar refractivity (Wildman–Crippen MR) is 127 cm³/mol. The number of halogens is 1. The van der Waals surface area contributed by atoms with Gasteiger partial charge in [-0.25, -0.2) is 19.0 Å². The lowest BCUT2D eigenvalue weighted by Crippen LogP contribution is -2.19. The molecule has 8 heteroatoms. The minimum atomic E-state index is -0.256. The molecule has 1 saturated carbocycles. The molecule has 34 heavy (non-hydrogen) atoms. The molecule has 6 rings (SSSR count). The van der Waals surface area contributed by atoms with Crippen LogP contribution >= 0.6 is 0 Å². The van der Waals surface area contributed by atoms with Crippen LogP contribution in [-0.2, 0) is 25.8 Å². The number of nitrogens with one attached hydrogen (secondary N) is 1. The van der Waals surface area contributed by atoms with Gasteiger partial charge >= 0.3 is 0 Å². The molecule has 2 aliphatic carbocycles. The standard InChI is InChI=1S/C26H27FN6O/c1-16-23(32(14-17-6-7-17)31-25(16)18-8-10-19(27)11-9-18)12-20-13-24(29-15-28-20)33-26(34)21-4-2-3-5-22(21)30-33/h8-11,13,15,17,30H,2-7,12,14H2,1H3. The molecular formula is C26H27FN6O. The summed E-state index contributed by atoms with van der Waals surface area (Å²) in [7, 11) is 0. The zero-order valence-electron chi connectivity index (χ0n) is 19.2. The Balaban J connectivity index is 1.36. The Morgan fingerprint density at radius 1 is 1.12 bits per heavy atom. The maximum atomic E-state index is 13.5. The molecule has 7 nitrogen and oxygen atoms in total. The molecule has 1 fully saturated rings. The molecule has 4 aromatic rings. The zero-order valence-corrected chi connectivity index (χ0v) is 19.2. The van der Waals surface area contributed by atoms with Gasteiger partial charge in [0.2, 0.25) is 0 Å². The van der Waals surface area contributed by atoms with Crippen LogP contribution in [-0.4, -0.2) is 29.5 Å². The number of hydrogen-bond donors (Lipinski definition) is 1. The summed E-state index contributed by atoms with van der Waals surface area (Å²) >= 11 is 0. The van der Waals surface area contributed by atoms with E-state index in [1.165, 1.54) is 31.3 Å². The molecule has 2 aliphatic rings. The van der Waals surface area contributed by atoms with E-state index in [1.54, 1.807) is 16.8 Å². The topological polar surface area (TPSA) is 81.4 Å². The molecule has 0 radical (unpaired) electrons. The Hall–Kier alpha value is -3.55. The minimum Gasteiger partial charge on any atom is -0.293 e. The number of fused-ring (bicyclic) bond motifs is 1. The van der Waals surface area contributed by atoms with Crippen molar-refractivity contribution in [3.63, 3.8) is 0 Å². The predicted octanol–water partition coefficient (Wildman–Crippen LogP) is 4.15. The molecule has 0 unspecified atom stereocenters. The third-order valence-electron chi connectivity index (χ3n) is 7.03. The lowest BCUT2D eigenvalue weighted by Gasteiger charge is -2.09. The van der Waals surface area contributed by atoms with Crippen LogP contribution in [0, 0.1) is 18.7 Å². The first-order valence-electron chi connectivity index (χ1n) is 12.0. The fourth-order valence-corrected chi connectivity index (χ4v) is 4.91. The zero-order chi connectivity index (χ0) is 23.2. The van der Waals surface area contributed by atoms with Crippen molar-refractivity contribution in [3.05, 3.63) is 81.0 Å². The Kier molecular flexibility index (Phi) is 5.16. The third-order valence-corrected chi connectivity index (χ3v) is 7.03. The van der Waals surface area contributed by atoms with Crippen LogP contribution in [0.2, 0.25) is 0 Å². The Labute approximate surface area is 196 Å². The van der Waals surface area contributed by atoms with Crippen molar-refractivity contribution in [3.8, 4) is 17.1 Å². The van der Waals surface area contributed by atoms with Crippen molar-refractivity contribution in [1.82, 2.24) is 29.5 Å². The number of nitrogens with zero attached hydrogens (tertiary/aromatic N) is 5. The summed E-state index contributed by atoms with van der Waals surface area (Å²) in [6, 6.07) is 8.38. The molecule has 0 spiro atoms. The van der Waals surface area contributed by atoms with E-state index in [0.717, 1.165) is 71.7 Å². The van der Waals surface area contributed by atoms with Crippen LogP contribution in [0.5, 0.6) is 0 Å². The van der Waals surface area contributed by atoms with Crippen molar-refractivity contribution in [2.45, 2.75) is 58.4 Å². The largest absolute Gasteiger partial charge is 0.293 e. The summed E-state index contributed by atoms with van der Waals surface area (Å²) in [5.41, 5.74) is 6.67. The molecule has 1 aromatic carbocycles. The van der Waals surface area contributed by atoms with Crippen LogP contribution in [0.3, 0.4) is 0 Å². The van der Waals surface area contributed by atoms with Gasteiger partial charge in [-0.3, -0.25) is 14.6 Å². The monoisotopic (exact) mass is 458 g/mol. The number of hydrogen-bond acceptors (Lipinski definition) is 4. The lowest BCUT2D eigenvalue weighted by molar-refractivity contribution is 0.543. The molecular weight excluding hydrogens is 431 g/mol. The van der Waals surface area contributed by atoms with Gasteiger partial charge in [-0.2, -0.15) is 5.10 Å². The first kappa shape index (κ1) is 21.0. The van der Waals surface area contributed by atoms with E-state index in [4.69, 9.17) is 5.10 Å². The van der Waals surface area contributed by atoms with E-state index in [0.29, 0.717) is 18.2 Å². The van der Waals surface area contributed by atoms with Crippen molar-refractivity contribution < 1.29 is 4.39 Å². The van der Waals surface area contributed by atoms with Gasteiger partial charge in [0.1, 0.15) is 12.1 Å². The van der Waals surface area contributed by atoms with Crippen molar-refractivity contribution in [1.29, 1.82) is 0 Å². The fraction of sp³-hybridized carbons (Fsp3) is 0.385. The molecule has 0 aliphatic heterocycles. The van der Waals surface area contributed by atoms with Gasteiger partial charge in [-0.05, 0) is 81.2 Å². The van der Waals surface area contributed by atoms with Gasteiger partial charge in [-0.15, -0.1) is 0 Å². The Bertz CT molecular complexity index is 1410. The normalized spacial score (nSPS) is 15.5. The van der Waals surface area contributed by atoms with Gasteiger partial charge < -0.3 is 0 Å². The lowest BCUT2D eigenvalue weighted by atomic mass is 9.98. The second-order valence-electron chi connectivity index (χ2n) is 9.51. The molecule has 3 aromatic heterocycles. The number of rotatable bonds is 6. The highest BCUT2D eigenvalue weighted by Gasteiger charge is 2.26. The Morgan fingerprint density at radius 2 is 1.91 bits per heavy atom. The summed E-state index contributed by atoms with van der Waals surface area (Å²) in [5, 5.41) is 8.18. The summed E-state index contributed by atoms with van der Waals surface area (Å²) in [6.07, 6.45) is 8.43. The van der Waals surface area contributed by atoms with E-state index in [2.05, 4.69) is 26.7 Å². The summed E-state index contributed by atoms with van der Waals surface area (Å²) in [4.78, 5) is 21.8. The number of benzene rings is 1. The average Bonchev–Trinajstić information content (AvgIpc) is 3.54. The molecule has 0 atom stereocenters. The van der Waals surface area contributed by atoms with Crippen LogP contribution in [0.15, 0.2) is 41.5 Å². The van der Waals surface area contributed by atoms with E-state index in [9.17, 15) is 9.18 Å². The van der Waals surface area contributed by atoms with Crippen molar-refractivity contribution >= 4 is 0 Å². The first-order valence-corrected chi connectivity index (χ1v) is 12.0. The van der Waals surface area contributed by atoms with Crippen LogP contribution < -0.4 is 5.56 Å². The van der Waals surface area contributed by atoms with Crippen molar-refractivity contribution in [2.75, 3.05) is 0 Å². The van der Waals surface area contributed by atoms with Crippen LogP contribution in [0.1, 0.15) is 53.9 Å². The van der Waals surface area contributed by atoms with Gasteiger partial charge in [-0.1, -0.05) is 0 Å². The molecule has 0 amide bonds. The number of aryl methyl sites for hydroxylation is 1. The molecule has 1 N–H and O–H groups in total. The number of H-pyrrole nitrogens is 1. The van der Waals surface area contributed by atoms with Crippen LogP contribution in [0.4, 0.5) is 4.39 Å². The maximum absolute atomic E-state index is 13.5. The van der Waals surface area contributed by atoms with E-state index >= 15 is 0 Å². The third kappa shape index (κ3) is 3.87. The highest BCUT2D eigenvalue weighted by atomic mass is 19.1. The van der Waals surface area contributed by atoms with Crippen molar-refractivity contribution in [2.24, 2.45) is 5.92 Å². The van der Waals surface area contributed by atoms with Gasteiger partial charge in [0.15, 0.2) is 5.82 Å². The van der Waals surface area contributed by atoms with Gasteiger partial charge in [0.25, 0.3) is 5.56 Å². The summed E-state index contributed by atoms with van der Waals surface area (Å²) in [6.45, 7) is 2.94. The summed E-state index contributed by atoms with van der Waals surface area (Å²) in [5.74, 6) is 0.965. The molecule has 3 heterocycles. The number of aromatic nitrogens is 6. The highest BCUT2D eigenvalue weighted by Crippen LogP contribution is 2.33. The van der Waals surface area contributed by atoms with E-state index < -0.39 is 0 Å². The molecule has 0 bridgehead atoms. The average molecular weight is 459 g/mol. The quantitative estimate of drug-likeness (QED) is 0.471. The molecule has 0 saturated heterocycles. The minimum absolute atomic E-state index is 0.00657. The van der Waals surface area contributed by atoms with Gasteiger partial charge in [0.05, 0.1) is 11.4 Å². The second-order valence-corrected chi connectivity index (χ2v) is 9.51. The number of aromatic amines is 1. The fourth-order valence-electron chi connectivity index (χ4n) is 4.91. The van der Waals surface area contributed by atoms with Crippen LogP contribution in [0.25, 0.3) is 17.1 Å². The van der Waals surface area contributed by atoms with E-state index in [-0.39, 0.29) is 11.4 Å².